The van der Waals surface area contributed by atoms with Crippen molar-refractivity contribution in [3.05, 3.63) is 28.8 Å². The molecule has 1 aromatic rings. The van der Waals surface area contributed by atoms with E-state index in [1.54, 1.807) is 0 Å². The first-order valence-corrected chi connectivity index (χ1v) is 7.88. The lowest BCUT2D eigenvalue weighted by atomic mass is 10.0. The zero-order valence-corrected chi connectivity index (χ0v) is 11.2. The summed E-state index contributed by atoms with van der Waals surface area (Å²) in [5.74, 6) is 0.736. The van der Waals surface area contributed by atoms with E-state index in [4.69, 9.17) is 11.6 Å². The molecule has 92 valence electrons. The third-order valence-corrected chi connectivity index (χ3v) is 5.43. The Labute approximate surface area is 109 Å². The van der Waals surface area contributed by atoms with Gasteiger partial charge in [0.15, 0.2) is 0 Å². The monoisotopic (exact) mass is 269 g/mol. The molecule has 0 radical (unpaired) electrons. The van der Waals surface area contributed by atoms with Crippen molar-refractivity contribution in [3.63, 3.8) is 0 Å². The van der Waals surface area contributed by atoms with Gasteiger partial charge in [0.05, 0.1) is 20.7 Å². The molecule has 2 atom stereocenters. The minimum absolute atomic E-state index is 0.336. The SMILES string of the molecule is O=S1CCCC(NC2CC2)c2cccc(Cl)c21. The summed E-state index contributed by atoms with van der Waals surface area (Å²) < 4.78 is 12.2. The van der Waals surface area contributed by atoms with Crippen LogP contribution in [0.15, 0.2) is 23.1 Å². The molecule has 0 bridgehead atoms. The number of rotatable bonds is 2. The molecule has 1 fully saturated rings. The average Bonchev–Trinajstić information content (AvgIpc) is 3.11. The molecule has 0 saturated heterocycles. The van der Waals surface area contributed by atoms with Gasteiger partial charge in [-0.15, -0.1) is 0 Å². The highest BCUT2D eigenvalue weighted by Crippen LogP contribution is 2.35. The van der Waals surface area contributed by atoms with E-state index in [1.165, 1.54) is 12.8 Å². The number of hydrogen-bond acceptors (Lipinski definition) is 2. The van der Waals surface area contributed by atoms with Gasteiger partial charge >= 0.3 is 0 Å². The van der Waals surface area contributed by atoms with Crippen LogP contribution < -0.4 is 5.32 Å². The van der Waals surface area contributed by atoms with Gasteiger partial charge in [-0.05, 0) is 37.3 Å². The first-order chi connectivity index (χ1) is 8.25. The number of halogens is 1. The fraction of sp³-hybridized carbons (Fsp3) is 0.538. The first kappa shape index (κ1) is 11.7. The number of nitrogens with one attached hydrogen (secondary N) is 1. The molecule has 2 nitrogen and oxygen atoms in total. The Bertz CT molecular complexity index is 459. The van der Waals surface area contributed by atoms with E-state index in [0.717, 1.165) is 29.1 Å². The molecule has 2 aliphatic rings. The van der Waals surface area contributed by atoms with Crippen LogP contribution >= 0.6 is 11.6 Å². The first-order valence-electron chi connectivity index (χ1n) is 6.18. The van der Waals surface area contributed by atoms with Crippen molar-refractivity contribution >= 4 is 22.4 Å². The standard InChI is InChI=1S/C13H16ClNOS/c14-11-4-1-3-10-12(15-9-6-7-9)5-2-8-17(16)13(10)11/h1,3-4,9,12,15H,2,5-8H2. The van der Waals surface area contributed by atoms with E-state index in [-0.39, 0.29) is 0 Å². The fourth-order valence-electron chi connectivity index (χ4n) is 2.42. The van der Waals surface area contributed by atoms with Crippen LogP contribution in [0.5, 0.6) is 0 Å². The smallest absolute Gasteiger partial charge is 0.0622 e. The summed E-state index contributed by atoms with van der Waals surface area (Å²) in [4.78, 5) is 0.866. The summed E-state index contributed by atoms with van der Waals surface area (Å²) in [5, 5.41) is 4.30. The summed E-state index contributed by atoms with van der Waals surface area (Å²) in [7, 11) is -0.931. The molecule has 1 saturated carbocycles. The summed E-state index contributed by atoms with van der Waals surface area (Å²) in [6, 6.07) is 6.88. The molecule has 0 spiro atoms. The van der Waals surface area contributed by atoms with Gasteiger partial charge in [0.2, 0.25) is 0 Å². The zero-order valence-electron chi connectivity index (χ0n) is 9.62. The van der Waals surface area contributed by atoms with Gasteiger partial charge < -0.3 is 5.32 Å². The van der Waals surface area contributed by atoms with Crippen LogP contribution in [-0.4, -0.2) is 16.0 Å². The molecular formula is C13H16ClNOS. The second-order valence-corrected chi connectivity index (χ2v) is 6.76. The van der Waals surface area contributed by atoms with E-state index in [9.17, 15) is 4.21 Å². The van der Waals surface area contributed by atoms with Gasteiger partial charge in [-0.3, -0.25) is 4.21 Å². The summed E-state index contributed by atoms with van der Waals surface area (Å²) >= 11 is 6.21. The Morgan fingerprint density at radius 1 is 1.29 bits per heavy atom. The van der Waals surface area contributed by atoms with Crippen LogP contribution in [-0.2, 0) is 10.8 Å². The van der Waals surface area contributed by atoms with Crippen LogP contribution in [0.4, 0.5) is 0 Å². The lowest BCUT2D eigenvalue weighted by Crippen LogP contribution is -2.23. The van der Waals surface area contributed by atoms with Crippen molar-refractivity contribution in [2.75, 3.05) is 5.75 Å². The topological polar surface area (TPSA) is 29.1 Å². The number of hydrogen-bond donors (Lipinski definition) is 1. The van der Waals surface area contributed by atoms with Crippen molar-refractivity contribution in [2.24, 2.45) is 0 Å². The summed E-state index contributed by atoms with van der Waals surface area (Å²) in [5.41, 5.74) is 1.15. The lowest BCUT2D eigenvalue weighted by Gasteiger charge is -2.19. The van der Waals surface area contributed by atoms with Crippen molar-refractivity contribution in [1.82, 2.24) is 5.32 Å². The Kier molecular flexibility index (Phi) is 3.24. The summed E-state index contributed by atoms with van der Waals surface area (Å²) in [6.07, 6.45) is 4.61. The molecule has 0 aromatic heterocycles. The minimum atomic E-state index is -0.931. The quantitative estimate of drug-likeness (QED) is 0.894. The van der Waals surface area contributed by atoms with Crippen LogP contribution in [0.2, 0.25) is 5.02 Å². The van der Waals surface area contributed by atoms with Crippen molar-refractivity contribution in [3.8, 4) is 0 Å². The second kappa shape index (κ2) is 4.71. The second-order valence-electron chi connectivity index (χ2n) is 4.84. The molecular weight excluding hydrogens is 254 g/mol. The minimum Gasteiger partial charge on any atom is -0.307 e. The highest BCUT2D eigenvalue weighted by Gasteiger charge is 2.29. The van der Waals surface area contributed by atoms with Gasteiger partial charge in [0.25, 0.3) is 0 Å². The molecule has 1 aliphatic heterocycles. The van der Waals surface area contributed by atoms with Gasteiger partial charge in [0.1, 0.15) is 0 Å². The van der Waals surface area contributed by atoms with E-state index >= 15 is 0 Å². The number of benzene rings is 1. The van der Waals surface area contributed by atoms with Crippen molar-refractivity contribution in [1.29, 1.82) is 0 Å². The normalized spacial score (nSPS) is 28.5. The summed E-state index contributed by atoms with van der Waals surface area (Å²) in [6.45, 7) is 0. The van der Waals surface area contributed by atoms with E-state index < -0.39 is 10.8 Å². The molecule has 1 heterocycles. The van der Waals surface area contributed by atoms with Crippen molar-refractivity contribution in [2.45, 2.75) is 42.7 Å². The Balaban J connectivity index is 2.00. The highest BCUT2D eigenvalue weighted by molar-refractivity contribution is 7.85. The van der Waals surface area contributed by atoms with Crippen LogP contribution in [0, 0.1) is 0 Å². The van der Waals surface area contributed by atoms with Gasteiger partial charge in [-0.2, -0.15) is 0 Å². The molecule has 4 heteroatoms. The van der Waals surface area contributed by atoms with E-state index in [0.29, 0.717) is 17.1 Å². The van der Waals surface area contributed by atoms with Gasteiger partial charge in [-0.1, -0.05) is 23.7 Å². The van der Waals surface area contributed by atoms with Crippen molar-refractivity contribution < 1.29 is 4.21 Å². The van der Waals surface area contributed by atoms with Crippen LogP contribution in [0.1, 0.15) is 37.3 Å². The maximum Gasteiger partial charge on any atom is 0.0622 e. The maximum atomic E-state index is 12.2. The molecule has 1 aromatic carbocycles. The maximum absolute atomic E-state index is 12.2. The third kappa shape index (κ3) is 2.42. The predicted molar refractivity (Wildman–Crippen MR) is 70.9 cm³/mol. The fourth-order valence-corrected chi connectivity index (χ4v) is 4.26. The molecule has 3 rings (SSSR count). The largest absolute Gasteiger partial charge is 0.307 e. The lowest BCUT2D eigenvalue weighted by molar-refractivity contribution is 0.490. The molecule has 0 amide bonds. The van der Waals surface area contributed by atoms with E-state index in [1.807, 2.05) is 12.1 Å². The Morgan fingerprint density at radius 3 is 2.88 bits per heavy atom. The molecule has 1 aliphatic carbocycles. The van der Waals surface area contributed by atoms with E-state index in [2.05, 4.69) is 11.4 Å². The van der Waals surface area contributed by atoms with Gasteiger partial charge in [0, 0.05) is 17.8 Å². The molecule has 17 heavy (non-hydrogen) atoms. The highest BCUT2D eigenvalue weighted by atomic mass is 35.5. The average molecular weight is 270 g/mol. The Morgan fingerprint density at radius 2 is 2.12 bits per heavy atom. The predicted octanol–water partition coefficient (Wildman–Crippen LogP) is 3.03. The third-order valence-electron chi connectivity index (χ3n) is 3.44. The molecule has 2 unspecified atom stereocenters. The molecule has 1 N–H and O–H groups in total. The Hall–Kier alpha value is -0.380. The number of fused-ring (bicyclic) bond motifs is 1. The van der Waals surface area contributed by atoms with Gasteiger partial charge in [-0.25, -0.2) is 0 Å². The zero-order chi connectivity index (χ0) is 11.8. The van der Waals surface area contributed by atoms with Crippen LogP contribution in [0.3, 0.4) is 0 Å². The van der Waals surface area contributed by atoms with Crippen LogP contribution in [0.25, 0.3) is 0 Å².